The number of methoxy groups -OCH3 is 1. The van der Waals surface area contributed by atoms with Crippen molar-refractivity contribution in [3.05, 3.63) is 101 Å². The summed E-state index contributed by atoms with van der Waals surface area (Å²) in [6.45, 7) is 1.89. The van der Waals surface area contributed by atoms with Gasteiger partial charge in [0.15, 0.2) is 0 Å². The molecule has 3 aromatic carbocycles. The van der Waals surface area contributed by atoms with Gasteiger partial charge in [-0.15, -0.1) is 11.8 Å². The standard InChI is InChI=1S/C24H23NO3S/c1-17-13-14-20(24(27)28-2)15-21(17)25-22(26)16-29-23(18-9-5-3-6-10-18)19-11-7-4-8-12-19/h3-15,23H,16H2,1-2H3,(H,25,26). The normalized spacial score (nSPS) is 10.6. The molecule has 0 aliphatic carbocycles. The molecule has 0 aliphatic heterocycles. The van der Waals surface area contributed by atoms with Gasteiger partial charge in [0, 0.05) is 5.69 Å². The highest BCUT2D eigenvalue weighted by Gasteiger charge is 2.17. The van der Waals surface area contributed by atoms with E-state index in [1.807, 2.05) is 43.3 Å². The van der Waals surface area contributed by atoms with Crippen LogP contribution in [0, 0.1) is 6.92 Å². The van der Waals surface area contributed by atoms with Gasteiger partial charge in [-0.25, -0.2) is 4.79 Å². The number of rotatable bonds is 7. The zero-order chi connectivity index (χ0) is 20.6. The van der Waals surface area contributed by atoms with Crippen LogP contribution in [-0.2, 0) is 9.53 Å². The fourth-order valence-electron chi connectivity index (χ4n) is 2.99. The monoisotopic (exact) mass is 405 g/mol. The van der Waals surface area contributed by atoms with Crippen molar-refractivity contribution in [2.75, 3.05) is 18.2 Å². The SMILES string of the molecule is COC(=O)c1ccc(C)c(NC(=O)CSC(c2ccccc2)c2ccccc2)c1. The lowest BCUT2D eigenvalue weighted by atomic mass is 10.0. The number of aryl methyl sites for hydroxylation is 1. The Morgan fingerprint density at radius 3 is 2.07 bits per heavy atom. The predicted octanol–water partition coefficient (Wildman–Crippen LogP) is 5.24. The first-order valence-corrected chi connectivity index (χ1v) is 10.3. The third kappa shape index (κ3) is 5.48. The third-order valence-electron chi connectivity index (χ3n) is 4.52. The van der Waals surface area contributed by atoms with Crippen molar-refractivity contribution in [1.82, 2.24) is 0 Å². The van der Waals surface area contributed by atoms with Crippen LogP contribution in [0.2, 0.25) is 0 Å². The van der Waals surface area contributed by atoms with E-state index in [1.54, 1.807) is 30.0 Å². The predicted molar refractivity (Wildman–Crippen MR) is 118 cm³/mol. The molecule has 0 fully saturated rings. The van der Waals surface area contributed by atoms with Gasteiger partial charge in [-0.05, 0) is 35.7 Å². The second-order valence-corrected chi connectivity index (χ2v) is 7.68. The Labute approximate surface area is 175 Å². The summed E-state index contributed by atoms with van der Waals surface area (Å²) in [5, 5.41) is 2.98. The molecule has 0 aliphatic rings. The molecule has 0 saturated heterocycles. The van der Waals surface area contributed by atoms with Crippen molar-refractivity contribution in [2.24, 2.45) is 0 Å². The van der Waals surface area contributed by atoms with Crippen LogP contribution >= 0.6 is 11.8 Å². The number of carbonyl (C=O) groups excluding carboxylic acids is 2. The van der Waals surface area contributed by atoms with Crippen molar-refractivity contribution in [3.8, 4) is 0 Å². The highest BCUT2D eigenvalue weighted by Crippen LogP contribution is 2.35. The minimum absolute atomic E-state index is 0.0608. The van der Waals surface area contributed by atoms with Crippen molar-refractivity contribution in [2.45, 2.75) is 12.2 Å². The number of benzene rings is 3. The molecule has 3 rings (SSSR count). The molecule has 0 atom stereocenters. The summed E-state index contributed by atoms with van der Waals surface area (Å²) in [4.78, 5) is 24.4. The first kappa shape index (κ1) is 20.7. The highest BCUT2D eigenvalue weighted by molar-refractivity contribution is 8.00. The zero-order valence-corrected chi connectivity index (χ0v) is 17.2. The largest absolute Gasteiger partial charge is 0.465 e. The van der Waals surface area contributed by atoms with Crippen LogP contribution in [0.15, 0.2) is 78.9 Å². The molecule has 0 bridgehead atoms. The molecule has 1 N–H and O–H groups in total. The summed E-state index contributed by atoms with van der Waals surface area (Å²) >= 11 is 1.57. The molecular weight excluding hydrogens is 382 g/mol. The smallest absolute Gasteiger partial charge is 0.337 e. The molecule has 0 heterocycles. The van der Waals surface area contributed by atoms with Crippen LogP contribution in [0.5, 0.6) is 0 Å². The summed E-state index contributed by atoms with van der Waals surface area (Å²) in [5.41, 5.74) is 4.22. The van der Waals surface area contributed by atoms with Gasteiger partial charge in [0.25, 0.3) is 0 Å². The molecule has 0 saturated carbocycles. The quantitative estimate of drug-likeness (QED) is 0.546. The molecule has 1 amide bonds. The molecule has 0 radical (unpaired) electrons. The molecule has 0 aromatic heterocycles. The Morgan fingerprint density at radius 1 is 0.931 bits per heavy atom. The molecule has 148 valence electrons. The maximum Gasteiger partial charge on any atom is 0.337 e. The maximum atomic E-state index is 12.6. The number of thioether (sulfide) groups is 1. The van der Waals surface area contributed by atoms with E-state index in [9.17, 15) is 9.59 Å². The summed E-state index contributed by atoms with van der Waals surface area (Å²) < 4.78 is 4.76. The van der Waals surface area contributed by atoms with Gasteiger partial charge in [-0.1, -0.05) is 66.7 Å². The van der Waals surface area contributed by atoms with Crippen LogP contribution in [0.3, 0.4) is 0 Å². The van der Waals surface area contributed by atoms with Crippen molar-refractivity contribution >= 4 is 29.3 Å². The molecule has 29 heavy (non-hydrogen) atoms. The van der Waals surface area contributed by atoms with Gasteiger partial charge in [0.1, 0.15) is 0 Å². The summed E-state index contributed by atoms with van der Waals surface area (Å²) in [5.74, 6) is -0.254. The van der Waals surface area contributed by atoms with Gasteiger partial charge in [0.2, 0.25) is 5.91 Å². The van der Waals surface area contributed by atoms with Crippen molar-refractivity contribution in [1.29, 1.82) is 0 Å². The second-order valence-electron chi connectivity index (χ2n) is 6.58. The molecule has 0 unspecified atom stereocenters. The number of nitrogens with one attached hydrogen (secondary N) is 1. The molecule has 5 heteroatoms. The summed E-state index contributed by atoms with van der Waals surface area (Å²) in [7, 11) is 1.34. The first-order chi connectivity index (χ1) is 14.1. The van der Waals surface area contributed by atoms with Crippen molar-refractivity contribution < 1.29 is 14.3 Å². The second kappa shape index (κ2) is 9.94. The van der Waals surface area contributed by atoms with E-state index >= 15 is 0 Å². The number of hydrogen-bond donors (Lipinski definition) is 1. The van der Waals surface area contributed by atoms with Gasteiger partial charge in [-0.2, -0.15) is 0 Å². The molecule has 4 nitrogen and oxygen atoms in total. The number of amides is 1. The Balaban J connectivity index is 1.72. The average Bonchev–Trinajstić information content (AvgIpc) is 2.76. The lowest BCUT2D eigenvalue weighted by Gasteiger charge is -2.18. The third-order valence-corrected chi connectivity index (χ3v) is 5.83. The highest BCUT2D eigenvalue weighted by atomic mass is 32.2. The lowest BCUT2D eigenvalue weighted by Crippen LogP contribution is -2.16. The number of anilines is 1. The minimum atomic E-state index is -0.428. The Morgan fingerprint density at radius 2 is 1.52 bits per heavy atom. The fourth-order valence-corrected chi connectivity index (χ4v) is 4.08. The van der Waals surface area contributed by atoms with Crippen LogP contribution in [0.4, 0.5) is 5.69 Å². The van der Waals surface area contributed by atoms with Crippen LogP contribution < -0.4 is 5.32 Å². The summed E-state index contributed by atoms with van der Waals surface area (Å²) in [6, 6.07) is 25.4. The van der Waals surface area contributed by atoms with E-state index < -0.39 is 5.97 Å². The van der Waals surface area contributed by atoms with E-state index in [2.05, 4.69) is 29.6 Å². The van der Waals surface area contributed by atoms with E-state index in [4.69, 9.17) is 4.74 Å². The molecular formula is C24H23NO3S. The van der Waals surface area contributed by atoms with Gasteiger partial charge >= 0.3 is 5.97 Å². The van der Waals surface area contributed by atoms with Crippen LogP contribution in [-0.4, -0.2) is 24.7 Å². The van der Waals surface area contributed by atoms with Gasteiger partial charge < -0.3 is 10.1 Å². The number of esters is 1. The van der Waals surface area contributed by atoms with E-state index in [-0.39, 0.29) is 16.9 Å². The average molecular weight is 406 g/mol. The lowest BCUT2D eigenvalue weighted by molar-refractivity contribution is -0.113. The maximum absolute atomic E-state index is 12.6. The van der Waals surface area contributed by atoms with Crippen molar-refractivity contribution in [3.63, 3.8) is 0 Å². The summed E-state index contributed by atoms with van der Waals surface area (Å²) in [6.07, 6.45) is 0. The minimum Gasteiger partial charge on any atom is -0.465 e. The van der Waals surface area contributed by atoms with Gasteiger partial charge in [-0.3, -0.25) is 4.79 Å². The Hall–Kier alpha value is -3.05. The Kier molecular flexibility index (Phi) is 7.09. The first-order valence-electron chi connectivity index (χ1n) is 9.29. The van der Waals surface area contributed by atoms with Gasteiger partial charge in [0.05, 0.1) is 23.7 Å². The topological polar surface area (TPSA) is 55.4 Å². The van der Waals surface area contributed by atoms with E-state index in [0.717, 1.165) is 16.7 Å². The molecule has 0 spiro atoms. The number of ether oxygens (including phenoxy) is 1. The molecule has 3 aromatic rings. The Bertz CT molecular complexity index is 934. The van der Waals surface area contributed by atoms with Crippen LogP contribution in [0.25, 0.3) is 0 Å². The number of hydrogen-bond acceptors (Lipinski definition) is 4. The van der Waals surface area contributed by atoms with E-state index in [0.29, 0.717) is 11.3 Å². The fraction of sp³-hybridized carbons (Fsp3) is 0.167. The van der Waals surface area contributed by atoms with E-state index in [1.165, 1.54) is 7.11 Å². The van der Waals surface area contributed by atoms with Crippen LogP contribution in [0.1, 0.15) is 32.3 Å². The zero-order valence-electron chi connectivity index (χ0n) is 16.4. The number of carbonyl (C=O) groups is 2.